The van der Waals surface area contributed by atoms with Crippen molar-refractivity contribution >= 4 is 21.7 Å². The van der Waals surface area contributed by atoms with Gasteiger partial charge in [-0.05, 0) is 41.1 Å². The third-order valence-electron chi connectivity index (χ3n) is 2.44. The molecule has 17 heavy (non-hydrogen) atoms. The minimum Gasteiger partial charge on any atom is -0.328 e. The normalized spacial score (nSPS) is 10.5. The summed E-state index contributed by atoms with van der Waals surface area (Å²) in [4.78, 5) is 16.1. The summed E-state index contributed by atoms with van der Waals surface area (Å²) < 4.78 is 15.1. The van der Waals surface area contributed by atoms with Gasteiger partial charge in [0.05, 0.1) is 4.47 Å². The standard InChI is InChI=1S/C12H10BrFN2O/c1-2-16-6-5-15-12(16)11(17)8-3-4-10(14)9(13)7-8/h3-7H,2H2,1H3. The van der Waals surface area contributed by atoms with Gasteiger partial charge in [-0.15, -0.1) is 0 Å². The van der Waals surface area contributed by atoms with E-state index in [9.17, 15) is 9.18 Å². The Morgan fingerprint density at radius 3 is 2.94 bits per heavy atom. The molecule has 2 rings (SSSR count). The predicted octanol–water partition coefficient (Wildman–Crippen LogP) is 3.04. The summed E-state index contributed by atoms with van der Waals surface area (Å²) in [6.07, 6.45) is 3.32. The Morgan fingerprint density at radius 1 is 1.53 bits per heavy atom. The molecule has 0 bridgehead atoms. The van der Waals surface area contributed by atoms with E-state index in [1.54, 1.807) is 17.0 Å². The van der Waals surface area contributed by atoms with Crippen molar-refractivity contribution in [2.24, 2.45) is 0 Å². The van der Waals surface area contributed by atoms with Crippen LogP contribution in [0.5, 0.6) is 0 Å². The zero-order valence-corrected chi connectivity index (χ0v) is 10.7. The largest absolute Gasteiger partial charge is 0.328 e. The van der Waals surface area contributed by atoms with Gasteiger partial charge in [0, 0.05) is 24.5 Å². The minimum atomic E-state index is -0.389. The lowest BCUT2D eigenvalue weighted by Crippen LogP contribution is -2.10. The number of aromatic nitrogens is 2. The third kappa shape index (κ3) is 2.29. The van der Waals surface area contributed by atoms with Gasteiger partial charge in [-0.2, -0.15) is 0 Å². The minimum absolute atomic E-state index is 0.211. The number of ketones is 1. The molecule has 1 heterocycles. The number of carbonyl (C=O) groups excluding carboxylic acids is 1. The second-order valence-electron chi connectivity index (χ2n) is 3.49. The molecule has 0 unspecified atom stereocenters. The van der Waals surface area contributed by atoms with Crippen LogP contribution in [0.1, 0.15) is 23.1 Å². The molecule has 88 valence electrons. The highest BCUT2D eigenvalue weighted by Gasteiger charge is 2.15. The number of nitrogens with zero attached hydrogens (tertiary/aromatic N) is 2. The number of hydrogen-bond acceptors (Lipinski definition) is 2. The molecule has 1 aromatic heterocycles. The molecule has 5 heteroatoms. The van der Waals surface area contributed by atoms with Crippen molar-refractivity contribution in [3.8, 4) is 0 Å². The second kappa shape index (κ2) is 4.79. The van der Waals surface area contributed by atoms with Crippen LogP contribution in [0.4, 0.5) is 4.39 Å². The smallest absolute Gasteiger partial charge is 0.228 e. The fourth-order valence-electron chi connectivity index (χ4n) is 1.54. The Bertz CT molecular complexity index is 565. The van der Waals surface area contributed by atoms with Crippen LogP contribution in [0.25, 0.3) is 0 Å². The molecule has 0 radical (unpaired) electrons. The molecule has 0 aliphatic carbocycles. The number of rotatable bonds is 3. The average molecular weight is 297 g/mol. The van der Waals surface area contributed by atoms with Crippen LogP contribution < -0.4 is 0 Å². The molecule has 0 aliphatic rings. The van der Waals surface area contributed by atoms with Gasteiger partial charge in [0.1, 0.15) is 5.82 Å². The van der Waals surface area contributed by atoms with E-state index in [0.29, 0.717) is 17.9 Å². The highest BCUT2D eigenvalue weighted by molar-refractivity contribution is 9.10. The molecule has 0 aliphatic heterocycles. The van der Waals surface area contributed by atoms with Crippen LogP contribution in [-0.4, -0.2) is 15.3 Å². The fraction of sp³-hybridized carbons (Fsp3) is 0.167. The molecule has 0 saturated heterocycles. The van der Waals surface area contributed by atoms with E-state index in [1.807, 2.05) is 6.92 Å². The summed E-state index contributed by atoms with van der Waals surface area (Å²) in [6.45, 7) is 2.60. The Morgan fingerprint density at radius 2 is 2.29 bits per heavy atom. The molecule has 1 aromatic carbocycles. The highest BCUT2D eigenvalue weighted by atomic mass is 79.9. The number of halogens is 2. The van der Waals surface area contributed by atoms with Crippen molar-refractivity contribution in [2.45, 2.75) is 13.5 Å². The zero-order chi connectivity index (χ0) is 12.4. The first-order valence-electron chi connectivity index (χ1n) is 5.14. The number of benzene rings is 1. The van der Waals surface area contributed by atoms with Crippen molar-refractivity contribution in [1.82, 2.24) is 9.55 Å². The van der Waals surface area contributed by atoms with Gasteiger partial charge in [-0.3, -0.25) is 4.79 Å². The molecule has 0 spiro atoms. The van der Waals surface area contributed by atoms with Gasteiger partial charge in [-0.1, -0.05) is 0 Å². The molecule has 0 N–H and O–H groups in total. The van der Waals surface area contributed by atoms with E-state index in [-0.39, 0.29) is 16.1 Å². The van der Waals surface area contributed by atoms with E-state index >= 15 is 0 Å². The Balaban J connectivity index is 2.40. The molecular weight excluding hydrogens is 287 g/mol. The lowest BCUT2D eigenvalue weighted by Gasteiger charge is -2.04. The summed E-state index contributed by atoms with van der Waals surface area (Å²) in [5.41, 5.74) is 0.416. The van der Waals surface area contributed by atoms with Crippen molar-refractivity contribution in [3.05, 3.63) is 52.3 Å². The van der Waals surface area contributed by atoms with Gasteiger partial charge in [0.15, 0.2) is 5.82 Å². The van der Waals surface area contributed by atoms with Crippen LogP contribution in [0.15, 0.2) is 35.1 Å². The SMILES string of the molecule is CCn1ccnc1C(=O)c1ccc(F)c(Br)c1. The van der Waals surface area contributed by atoms with Crippen molar-refractivity contribution < 1.29 is 9.18 Å². The van der Waals surface area contributed by atoms with Crippen molar-refractivity contribution in [3.63, 3.8) is 0 Å². The zero-order valence-electron chi connectivity index (χ0n) is 9.15. The lowest BCUT2D eigenvalue weighted by atomic mass is 10.1. The Hall–Kier alpha value is -1.49. The lowest BCUT2D eigenvalue weighted by molar-refractivity contribution is 0.102. The first-order valence-corrected chi connectivity index (χ1v) is 5.93. The number of aryl methyl sites for hydroxylation is 1. The van der Waals surface area contributed by atoms with Crippen LogP contribution in [0.3, 0.4) is 0 Å². The summed E-state index contributed by atoms with van der Waals surface area (Å²) in [5.74, 6) is -0.232. The molecule has 2 aromatic rings. The molecule has 0 atom stereocenters. The predicted molar refractivity (Wildman–Crippen MR) is 65.4 cm³/mol. The molecule has 0 amide bonds. The summed E-state index contributed by atoms with van der Waals surface area (Å²) in [5, 5.41) is 0. The monoisotopic (exact) mass is 296 g/mol. The van der Waals surface area contributed by atoms with E-state index in [2.05, 4.69) is 20.9 Å². The van der Waals surface area contributed by atoms with E-state index in [0.717, 1.165) is 0 Å². The molecule has 3 nitrogen and oxygen atoms in total. The van der Waals surface area contributed by atoms with Gasteiger partial charge in [0.2, 0.25) is 5.78 Å². The molecular formula is C12H10BrFN2O. The van der Waals surface area contributed by atoms with Crippen LogP contribution >= 0.6 is 15.9 Å². The van der Waals surface area contributed by atoms with Crippen LogP contribution in [-0.2, 0) is 6.54 Å². The van der Waals surface area contributed by atoms with E-state index in [1.165, 1.54) is 18.2 Å². The Kier molecular flexibility index (Phi) is 3.38. The highest BCUT2D eigenvalue weighted by Crippen LogP contribution is 2.18. The molecule has 0 saturated carbocycles. The van der Waals surface area contributed by atoms with Crippen molar-refractivity contribution in [1.29, 1.82) is 0 Å². The quantitative estimate of drug-likeness (QED) is 0.816. The van der Waals surface area contributed by atoms with Gasteiger partial charge in [0.25, 0.3) is 0 Å². The number of imidazole rings is 1. The van der Waals surface area contributed by atoms with Gasteiger partial charge < -0.3 is 4.57 Å². The summed E-state index contributed by atoms with van der Waals surface area (Å²) in [7, 11) is 0. The fourth-order valence-corrected chi connectivity index (χ4v) is 1.92. The van der Waals surface area contributed by atoms with Gasteiger partial charge >= 0.3 is 0 Å². The summed E-state index contributed by atoms with van der Waals surface area (Å²) >= 11 is 3.06. The van der Waals surface area contributed by atoms with Crippen LogP contribution in [0.2, 0.25) is 0 Å². The van der Waals surface area contributed by atoms with Gasteiger partial charge in [-0.25, -0.2) is 9.37 Å². The number of carbonyl (C=O) groups is 1. The summed E-state index contributed by atoms with van der Waals surface area (Å²) in [6, 6.07) is 4.18. The maximum Gasteiger partial charge on any atom is 0.228 e. The second-order valence-corrected chi connectivity index (χ2v) is 4.35. The van der Waals surface area contributed by atoms with E-state index in [4.69, 9.17) is 0 Å². The first kappa shape index (κ1) is 12.0. The van der Waals surface area contributed by atoms with E-state index < -0.39 is 0 Å². The Labute approximate surface area is 106 Å². The topological polar surface area (TPSA) is 34.9 Å². The first-order chi connectivity index (χ1) is 8.13. The average Bonchev–Trinajstić information content (AvgIpc) is 2.80. The van der Waals surface area contributed by atoms with Crippen LogP contribution in [0, 0.1) is 5.82 Å². The molecule has 0 fully saturated rings. The third-order valence-corrected chi connectivity index (χ3v) is 3.05. The maximum absolute atomic E-state index is 13.1. The number of hydrogen-bond donors (Lipinski definition) is 0. The maximum atomic E-state index is 13.1. The van der Waals surface area contributed by atoms with Crippen molar-refractivity contribution in [2.75, 3.05) is 0 Å².